The molecule has 1 N–H and O–H groups in total. The first kappa shape index (κ1) is 18.1. The highest BCUT2D eigenvalue weighted by atomic mass is 19.1. The summed E-state index contributed by atoms with van der Waals surface area (Å²) in [6, 6.07) is 11.0. The second-order valence-electron chi connectivity index (χ2n) is 6.47. The second-order valence-corrected chi connectivity index (χ2v) is 6.47. The van der Waals surface area contributed by atoms with Crippen molar-refractivity contribution in [3.05, 3.63) is 59.4 Å². The smallest absolute Gasteiger partial charge is 0.326 e. The second kappa shape index (κ2) is 7.25. The minimum Gasteiger partial charge on any atom is -0.480 e. The van der Waals surface area contributed by atoms with Gasteiger partial charge in [-0.15, -0.1) is 0 Å². The average Bonchev–Trinajstić information content (AvgIpc) is 3.06. The number of carbonyl (C=O) groups excluding carboxylic acids is 1. The van der Waals surface area contributed by atoms with Crippen LogP contribution in [0.5, 0.6) is 0 Å². The van der Waals surface area contributed by atoms with Gasteiger partial charge in [-0.2, -0.15) is 0 Å². The molecule has 5 nitrogen and oxygen atoms in total. The van der Waals surface area contributed by atoms with E-state index in [-0.39, 0.29) is 24.6 Å². The highest BCUT2D eigenvalue weighted by Crippen LogP contribution is 2.26. The molecule has 26 heavy (non-hydrogen) atoms. The van der Waals surface area contributed by atoms with E-state index in [9.17, 15) is 19.1 Å². The molecule has 0 radical (unpaired) electrons. The number of carbonyl (C=O) groups is 2. The molecule has 0 bridgehead atoms. The van der Waals surface area contributed by atoms with Gasteiger partial charge in [0.25, 0.3) is 5.91 Å². The summed E-state index contributed by atoms with van der Waals surface area (Å²) in [4.78, 5) is 25.3. The van der Waals surface area contributed by atoms with Crippen LogP contribution in [0.3, 0.4) is 0 Å². The largest absolute Gasteiger partial charge is 0.480 e. The molecule has 1 aliphatic heterocycles. The Labute approximate surface area is 151 Å². The SMILES string of the molecule is COC1CC(C(=O)O)N(C(=O)c2ccc(-c3ccc(C)cc3)cc2F)C1. The van der Waals surface area contributed by atoms with Crippen molar-refractivity contribution in [1.82, 2.24) is 4.90 Å². The van der Waals surface area contributed by atoms with Gasteiger partial charge in [-0.3, -0.25) is 4.79 Å². The summed E-state index contributed by atoms with van der Waals surface area (Å²) in [5.74, 6) is -2.42. The predicted octanol–water partition coefficient (Wildman–Crippen LogP) is 3.12. The number of rotatable bonds is 4. The fraction of sp³-hybridized carbons (Fsp3) is 0.300. The van der Waals surface area contributed by atoms with Crippen LogP contribution in [0.4, 0.5) is 4.39 Å². The molecule has 2 aromatic rings. The number of halogens is 1. The van der Waals surface area contributed by atoms with Crippen LogP contribution < -0.4 is 0 Å². The van der Waals surface area contributed by atoms with E-state index in [4.69, 9.17) is 4.74 Å². The number of ether oxygens (including phenoxy) is 1. The zero-order valence-electron chi connectivity index (χ0n) is 14.6. The van der Waals surface area contributed by atoms with Crippen molar-refractivity contribution in [2.45, 2.75) is 25.5 Å². The lowest BCUT2D eigenvalue weighted by Crippen LogP contribution is -2.41. The highest BCUT2D eigenvalue weighted by molar-refractivity contribution is 5.97. The Morgan fingerprint density at radius 3 is 2.38 bits per heavy atom. The van der Waals surface area contributed by atoms with Crippen molar-refractivity contribution in [2.75, 3.05) is 13.7 Å². The van der Waals surface area contributed by atoms with Gasteiger partial charge in [0.15, 0.2) is 0 Å². The summed E-state index contributed by atoms with van der Waals surface area (Å²) in [6.07, 6.45) is -0.171. The molecule has 0 saturated carbocycles. The van der Waals surface area contributed by atoms with E-state index in [0.29, 0.717) is 5.56 Å². The van der Waals surface area contributed by atoms with Gasteiger partial charge in [-0.05, 0) is 30.2 Å². The number of amides is 1. The number of carboxylic acids is 1. The van der Waals surface area contributed by atoms with Gasteiger partial charge in [-0.25, -0.2) is 9.18 Å². The maximum atomic E-state index is 14.6. The van der Waals surface area contributed by atoms with Crippen molar-refractivity contribution in [3.63, 3.8) is 0 Å². The number of hydrogen-bond acceptors (Lipinski definition) is 3. The molecular weight excluding hydrogens is 337 g/mol. The third kappa shape index (κ3) is 3.46. The molecule has 2 aromatic carbocycles. The molecule has 1 amide bonds. The predicted molar refractivity (Wildman–Crippen MR) is 94.4 cm³/mol. The number of aryl methyl sites for hydroxylation is 1. The van der Waals surface area contributed by atoms with E-state index >= 15 is 0 Å². The number of benzene rings is 2. The van der Waals surface area contributed by atoms with Gasteiger partial charge in [0.1, 0.15) is 11.9 Å². The summed E-state index contributed by atoms with van der Waals surface area (Å²) in [5.41, 5.74) is 2.47. The molecule has 0 aromatic heterocycles. The lowest BCUT2D eigenvalue weighted by atomic mass is 10.0. The highest BCUT2D eigenvalue weighted by Gasteiger charge is 2.40. The Morgan fingerprint density at radius 1 is 1.15 bits per heavy atom. The molecule has 3 rings (SSSR count). The normalized spacial score (nSPS) is 19.6. The van der Waals surface area contributed by atoms with Gasteiger partial charge in [-0.1, -0.05) is 35.9 Å². The maximum Gasteiger partial charge on any atom is 0.326 e. The monoisotopic (exact) mass is 357 g/mol. The minimum atomic E-state index is -1.12. The first-order valence-electron chi connectivity index (χ1n) is 8.34. The number of aliphatic carboxylic acids is 1. The number of nitrogens with zero attached hydrogens (tertiary/aromatic N) is 1. The van der Waals surface area contributed by atoms with Crippen LogP contribution in [0.2, 0.25) is 0 Å². The van der Waals surface area contributed by atoms with Crippen LogP contribution in [-0.2, 0) is 9.53 Å². The van der Waals surface area contributed by atoms with Gasteiger partial charge in [0.2, 0.25) is 0 Å². The zero-order chi connectivity index (χ0) is 18.8. The summed E-state index contributed by atoms with van der Waals surface area (Å²) < 4.78 is 19.8. The molecule has 1 saturated heterocycles. The van der Waals surface area contributed by atoms with Crippen molar-refractivity contribution < 1.29 is 23.8 Å². The molecule has 0 spiro atoms. The number of carboxylic acid groups (broad SMARTS) is 1. The van der Waals surface area contributed by atoms with E-state index < -0.39 is 23.7 Å². The molecule has 136 valence electrons. The standard InChI is InChI=1S/C20H20FNO4/c1-12-3-5-13(6-4-12)14-7-8-16(17(21)9-14)19(23)22-11-15(26-2)10-18(22)20(24)25/h3-9,15,18H,10-11H2,1-2H3,(H,24,25). The Balaban J connectivity index is 1.88. The number of likely N-dealkylation sites (tertiary alicyclic amines) is 1. The summed E-state index contributed by atoms with van der Waals surface area (Å²) in [7, 11) is 1.47. The summed E-state index contributed by atoms with van der Waals surface area (Å²) in [6.45, 7) is 2.10. The van der Waals surface area contributed by atoms with Crippen LogP contribution in [0, 0.1) is 12.7 Å². The molecule has 0 aliphatic carbocycles. The van der Waals surface area contributed by atoms with Crippen LogP contribution in [0.25, 0.3) is 11.1 Å². The van der Waals surface area contributed by atoms with Crippen molar-refractivity contribution in [3.8, 4) is 11.1 Å². The third-order valence-electron chi connectivity index (χ3n) is 4.73. The molecule has 1 fully saturated rings. The van der Waals surface area contributed by atoms with E-state index in [0.717, 1.165) is 11.1 Å². The molecule has 1 aliphatic rings. The lowest BCUT2D eigenvalue weighted by molar-refractivity contribution is -0.141. The minimum absolute atomic E-state index is 0.130. The fourth-order valence-electron chi connectivity index (χ4n) is 3.20. The quantitative estimate of drug-likeness (QED) is 0.913. The first-order valence-corrected chi connectivity index (χ1v) is 8.34. The molecular formula is C20H20FNO4. The zero-order valence-corrected chi connectivity index (χ0v) is 14.6. The van der Waals surface area contributed by atoms with Gasteiger partial charge < -0.3 is 14.7 Å². The van der Waals surface area contributed by atoms with E-state index in [1.54, 1.807) is 6.07 Å². The molecule has 2 atom stereocenters. The van der Waals surface area contributed by atoms with Crippen LogP contribution >= 0.6 is 0 Å². The molecule has 2 unspecified atom stereocenters. The third-order valence-corrected chi connectivity index (χ3v) is 4.73. The Kier molecular flexibility index (Phi) is 5.04. The Bertz CT molecular complexity index is 834. The van der Waals surface area contributed by atoms with Crippen molar-refractivity contribution in [2.24, 2.45) is 0 Å². The van der Waals surface area contributed by atoms with E-state index in [2.05, 4.69) is 0 Å². The lowest BCUT2D eigenvalue weighted by Gasteiger charge is -2.21. The average molecular weight is 357 g/mol. The van der Waals surface area contributed by atoms with Crippen molar-refractivity contribution in [1.29, 1.82) is 0 Å². The maximum absolute atomic E-state index is 14.6. The first-order chi connectivity index (χ1) is 12.4. The summed E-state index contributed by atoms with van der Waals surface area (Å²) >= 11 is 0. The van der Waals surface area contributed by atoms with Crippen LogP contribution in [0.15, 0.2) is 42.5 Å². The molecule has 6 heteroatoms. The van der Waals surface area contributed by atoms with Gasteiger partial charge >= 0.3 is 5.97 Å². The van der Waals surface area contributed by atoms with Crippen molar-refractivity contribution >= 4 is 11.9 Å². The topological polar surface area (TPSA) is 66.8 Å². The van der Waals surface area contributed by atoms with E-state index in [1.807, 2.05) is 31.2 Å². The fourth-order valence-corrected chi connectivity index (χ4v) is 3.20. The summed E-state index contributed by atoms with van der Waals surface area (Å²) in [5, 5.41) is 9.33. The van der Waals surface area contributed by atoms with Crippen LogP contribution in [0.1, 0.15) is 22.3 Å². The molecule has 1 heterocycles. The Morgan fingerprint density at radius 2 is 1.81 bits per heavy atom. The van der Waals surface area contributed by atoms with Gasteiger partial charge in [0.05, 0.1) is 11.7 Å². The van der Waals surface area contributed by atoms with Gasteiger partial charge in [0, 0.05) is 20.1 Å². The van der Waals surface area contributed by atoms with Crippen LogP contribution in [-0.4, -0.2) is 47.7 Å². The Hall–Kier alpha value is -2.73. The number of hydrogen-bond donors (Lipinski definition) is 1. The van der Waals surface area contributed by atoms with E-state index in [1.165, 1.54) is 24.1 Å². The number of methoxy groups -OCH3 is 1.